The minimum atomic E-state index is -0.852. The fraction of sp³-hybridized carbons (Fsp3) is 0.238. The van der Waals surface area contributed by atoms with Crippen LogP contribution in [-0.2, 0) is 22.7 Å². The quantitative estimate of drug-likeness (QED) is 0.381. The maximum Gasteiger partial charge on any atom is 0.329 e. The first-order valence-electron chi connectivity index (χ1n) is 9.17. The number of nitrogens with zero attached hydrogens (tertiary/aromatic N) is 3. The van der Waals surface area contributed by atoms with Gasteiger partial charge in [-0.05, 0) is 38.5 Å². The van der Waals surface area contributed by atoms with Gasteiger partial charge in [0.25, 0.3) is 0 Å². The summed E-state index contributed by atoms with van der Waals surface area (Å²) < 4.78 is 6.98. The van der Waals surface area contributed by atoms with Crippen LogP contribution in [0.15, 0.2) is 52.2 Å². The molecule has 2 heterocycles. The number of hydrogen-bond donors (Lipinski definition) is 2. The minimum Gasteiger partial charge on any atom is -0.467 e. The van der Waals surface area contributed by atoms with Crippen LogP contribution in [0.4, 0.5) is 0 Å². The van der Waals surface area contributed by atoms with Gasteiger partial charge >= 0.3 is 11.8 Å². The molecule has 8 nitrogen and oxygen atoms in total. The summed E-state index contributed by atoms with van der Waals surface area (Å²) in [5, 5.41) is 10.9. The van der Waals surface area contributed by atoms with Crippen LogP contribution in [0.5, 0.6) is 0 Å². The fourth-order valence-electron chi connectivity index (χ4n) is 2.79. The first kappa shape index (κ1) is 20.1. The third kappa shape index (κ3) is 5.19. The summed E-state index contributed by atoms with van der Waals surface area (Å²) in [6.07, 6.45) is 3.00. The largest absolute Gasteiger partial charge is 0.467 e. The molecule has 0 spiro atoms. The normalized spacial score (nSPS) is 11.0. The van der Waals surface area contributed by atoms with Gasteiger partial charge in [-0.3, -0.25) is 14.3 Å². The second-order valence-corrected chi connectivity index (χ2v) is 6.69. The molecule has 0 saturated heterocycles. The molecule has 0 aliphatic rings. The number of hydrazone groups is 1. The molecule has 0 fully saturated rings. The van der Waals surface area contributed by atoms with E-state index in [0.717, 1.165) is 22.5 Å². The number of aryl methyl sites for hydroxylation is 2. The third-order valence-corrected chi connectivity index (χ3v) is 4.46. The van der Waals surface area contributed by atoms with Crippen molar-refractivity contribution < 1.29 is 14.0 Å². The van der Waals surface area contributed by atoms with Crippen molar-refractivity contribution in [3.8, 4) is 0 Å². The van der Waals surface area contributed by atoms with Crippen molar-refractivity contribution in [3.05, 3.63) is 76.5 Å². The summed E-state index contributed by atoms with van der Waals surface area (Å²) in [6.45, 7) is 6.63. The Bertz CT molecular complexity index is 1020. The van der Waals surface area contributed by atoms with Crippen LogP contribution in [-0.4, -0.2) is 27.8 Å². The van der Waals surface area contributed by atoms with E-state index in [-0.39, 0.29) is 6.54 Å². The number of rotatable bonds is 6. The standard InChI is InChI=1S/C21H23N5O3/c1-14-6-8-17(9-7-14)13-26-16(3)19(15(2)25-26)12-23-24-21(28)20(27)22-11-18-5-4-10-29-18/h4-10,12H,11,13H2,1-3H3,(H,22,27)(H,24,28). The van der Waals surface area contributed by atoms with E-state index in [4.69, 9.17) is 4.42 Å². The van der Waals surface area contributed by atoms with Gasteiger partial charge in [-0.15, -0.1) is 0 Å². The number of hydrogen-bond acceptors (Lipinski definition) is 5. The monoisotopic (exact) mass is 393 g/mol. The first-order chi connectivity index (χ1) is 13.9. The molecule has 0 atom stereocenters. The molecular weight excluding hydrogens is 370 g/mol. The molecule has 0 bridgehead atoms. The van der Waals surface area contributed by atoms with Crippen LogP contribution in [0.2, 0.25) is 0 Å². The van der Waals surface area contributed by atoms with Gasteiger partial charge in [-0.25, -0.2) is 5.43 Å². The van der Waals surface area contributed by atoms with E-state index >= 15 is 0 Å². The predicted molar refractivity (Wildman–Crippen MR) is 108 cm³/mol. The molecule has 3 rings (SSSR count). The van der Waals surface area contributed by atoms with Gasteiger partial charge < -0.3 is 9.73 Å². The molecule has 1 aromatic carbocycles. The van der Waals surface area contributed by atoms with E-state index in [1.54, 1.807) is 12.1 Å². The second kappa shape index (κ2) is 9.01. The Morgan fingerprint density at radius 1 is 1.14 bits per heavy atom. The van der Waals surface area contributed by atoms with Crippen molar-refractivity contribution >= 4 is 18.0 Å². The molecule has 0 aliphatic heterocycles. The van der Waals surface area contributed by atoms with Gasteiger partial charge in [0.1, 0.15) is 5.76 Å². The highest BCUT2D eigenvalue weighted by Gasteiger charge is 2.14. The lowest BCUT2D eigenvalue weighted by atomic mass is 10.1. The molecule has 2 N–H and O–H groups in total. The van der Waals surface area contributed by atoms with E-state index in [1.807, 2.05) is 25.5 Å². The summed E-state index contributed by atoms with van der Waals surface area (Å²) >= 11 is 0. The average molecular weight is 393 g/mol. The molecule has 3 aromatic rings. The summed E-state index contributed by atoms with van der Waals surface area (Å²) in [5.41, 5.74) is 7.09. The van der Waals surface area contributed by atoms with E-state index < -0.39 is 11.8 Å². The highest BCUT2D eigenvalue weighted by molar-refractivity contribution is 6.35. The van der Waals surface area contributed by atoms with Crippen LogP contribution in [0.3, 0.4) is 0 Å². The summed E-state index contributed by atoms with van der Waals surface area (Å²) in [4.78, 5) is 23.6. The van der Waals surface area contributed by atoms with Gasteiger partial charge in [-0.2, -0.15) is 10.2 Å². The molecular formula is C21H23N5O3. The second-order valence-electron chi connectivity index (χ2n) is 6.69. The molecule has 0 radical (unpaired) electrons. The predicted octanol–water partition coefficient (Wildman–Crippen LogP) is 2.22. The number of benzene rings is 1. The number of carbonyl (C=O) groups excluding carboxylic acids is 2. The molecule has 2 amide bonds. The number of furan rings is 1. The number of carbonyl (C=O) groups is 2. The SMILES string of the molecule is Cc1ccc(Cn2nc(C)c(C=NNC(=O)C(=O)NCc3ccco3)c2C)cc1. The lowest BCUT2D eigenvalue weighted by molar-refractivity contribution is -0.139. The van der Waals surface area contributed by atoms with Crippen molar-refractivity contribution in [2.45, 2.75) is 33.9 Å². The molecule has 2 aromatic heterocycles. The van der Waals surface area contributed by atoms with Crippen molar-refractivity contribution in [1.82, 2.24) is 20.5 Å². The maximum absolute atomic E-state index is 11.8. The number of amides is 2. The van der Waals surface area contributed by atoms with Crippen molar-refractivity contribution in [1.29, 1.82) is 0 Å². The van der Waals surface area contributed by atoms with Gasteiger partial charge in [0, 0.05) is 11.3 Å². The van der Waals surface area contributed by atoms with E-state index in [1.165, 1.54) is 18.0 Å². The molecule has 8 heteroatoms. The van der Waals surface area contributed by atoms with Crippen LogP contribution in [0.25, 0.3) is 0 Å². The van der Waals surface area contributed by atoms with Crippen LogP contribution < -0.4 is 10.7 Å². The summed E-state index contributed by atoms with van der Waals surface area (Å²) in [7, 11) is 0. The lowest BCUT2D eigenvalue weighted by Gasteiger charge is -2.05. The zero-order valence-corrected chi connectivity index (χ0v) is 16.6. The Balaban J connectivity index is 1.58. The summed E-state index contributed by atoms with van der Waals surface area (Å²) in [6, 6.07) is 11.7. The zero-order chi connectivity index (χ0) is 20.8. The van der Waals surface area contributed by atoms with Crippen LogP contribution >= 0.6 is 0 Å². The smallest absolute Gasteiger partial charge is 0.329 e. The number of aromatic nitrogens is 2. The Kier molecular flexibility index (Phi) is 6.23. The highest BCUT2D eigenvalue weighted by atomic mass is 16.3. The Labute approximate surface area is 168 Å². The average Bonchev–Trinajstić information content (AvgIpc) is 3.31. The molecule has 150 valence electrons. The number of nitrogens with one attached hydrogen (secondary N) is 2. The lowest BCUT2D eigenvalue weighted by Crippen LogP contribution is -2.37. The molecule has 0 aliphatic carbocycles. The maximum atomic E-state index is 11.8. The topological polar surface area (TPSA) is 102 Å². The van der Waals surface area contributed by atoms with Crippen LogP contribution in [0, 0.1) is 20.8 Å². The zero-order valence-electron chi connectivity index (χ0n) is 16.6. The van der Waals surface area contributed by atoms with Gasteiger partial charge in [0.2, 0.25) is 0 Å². The molecule has 29 heavy (non-hydrogen) atoms. The van der Waals surface area contributed by atoms with Gasteiger partial charge in [0.05, 0.1) is 31.3 Å². The summed E-state index contributed by atoms with van der Waals surface area (Å²) in [5.74, 6) is -1.08. The molecule has 0 unspecified atom stereocenters. The van der Waals surface area contributed by atoms with E-state index in [9.17, 15) is 9.59 Å². The van der Waals surface area contributed by atoms with E-state index in [0.29, 0.717) is 12.3 Å². The van der Waals surface area contributed by atoms with Crippen LogP contribution in [0.1, 0.15) is 33.8 Å². The van der Waals surface area contributed by atoms with Crippen molar-refractivity contribution in [3.63, 3.8) is 0 Å². The highest BCUT2D eigenvalue weighted by Crippen LogP contribution is 2.13. The van der Waals surface area contributed by atoms with Crippen molar-refractivity contribution in [2.75, 3.05) is 0 Å². The van der Waals surface area contributed by atoms with Gasteiger partial charge in [-0.1, -0.05) is 29.8 Å². The molecule has 0 saturated carbocycles. The third-order valence-electron chi connectivity index (χ3n) is 4.46. The fourth-order valence-corrected chi connectivity index (χ4v) is 2.79. The van der Waals surface area contributed by atoms with E-state index in [2.05, 4.69) is 45.2 Å². The van der Waals surface area contributed by atoms with Gasteiger partial charge in [0.15, 0.2) is 0 Å². The first-order valence-corrected chi connectivity index (χ1v) is 9.17. The Morgan fingerprint density at radius 3 is 2.59 bits per heavy atom. The van der Waals surface area contributed by atoms with Crippen molar-refractivity contribution in [2.24, 2.45) is 5.10 Å². The Morgan fingerprint density at radius 2 is 1.90 bits per heavy atom. The minimum absolute atomic E-state index is 0.132. The Hall–Kier alpha value is -3.68.